The van der Waals surface area contributed by atoms with E-state index < -0.39 is 18.0 Å². The van der Waals surface area contributed by atoms with Crippen molar-refractivity contribution in [3.8, 4) is 12.1 Å². The number of nitrogens with one attached hydrogen (secondary N) is 2. The predicted molar refractivity (Wildman–Crippen MR) is 74.3 cm³/mol. The van der Waals surface area contributed by atoms with Crippen LogP contribution < -0.4 is 10.6 Å². The number of hydrogen-bond acceptors (Lipinski definition) is 4. The van der Waals surface area contributed by atoms with E-state index in [1.54, 1.807) is 13.8 Å². The minimum absolute atomic E-state index is 0.133. The van der Waals surface area contributed by atoms with E-state index in [-0.39, 0.29) is 17.0 Å². The molecule has 1 aromatic rings. The van der Waals surface area contributed by atoms with Crippen LogP contribution in [0.3, 0.4) is 0 Å². The van der Waals surface area contributed by atoms with Gasteiger partial charge in [-0.1, -0.05) is 13.8 Å². The summed E-state index contributed by atoms with van der Waals surface area (Å²) in [6, 6.07) is 6.23. The molecule has 0 aliphatic heterocycles. The van der Waals surface area contributed by atoms with Gasteiger partial charge in [-0.05, 0) is 24.1 Å². The van der Waals surface area contributed by atoms with Crippen molar-refractivity contribution in [2.75, 3.05) is 5.32 Å². The monoisotopic (exact) mass is 286 g/mol. The Morgan fingerprint density at radius 3 is 2.29 bits per heavy atom. The standard InChI is InChI=1S/C14H14N4O3/c1-8(2)12(13(19)20)18-14(21)17-11-4-3-9(6-15)10(5-11)7-16/h3-5,8,12H,1-2H3,(H,19,20)(H2,17,18,21). The summed E-state index contributed by atoms with van der Waals surface area (Å²) < 4.78 is 0. The lowest BCUT2D eigenvalue weighted by Crippen LogP contribution is -2.46. The molecule has 0 aliphatic rings. The zero-order valence-electron chi connectivity index (χ0n) is 11.5. The number of carbonyl (C=O) groups excluding carboxylic acids is 1. The maximum Gasteiger partial charge on any atom is 0.326 e. The molecule has 0 aromatic heterocycles. The zero-order valence-corrected chi connectivity index (χ0v) is 11.5. The van der Waals surface area contributed by atoms with Crippen LogP contribution in [0.1, 0.15) is 25.0 Å². The fourth-order valence-corrected chi connectivity index (χ4v) is 1.63. The molecule has 0 radical (unpaired) electrons. The molecule has 0 aliphatic carbocycles. The molecule has 0 spiro atoms. The quantitative estimate of drug-likeness (QED) is 0.775. The van der Waals surface area contributed by atoms with Crippen LogP contribution in [0.25, 0.3) is 0 Å². The highest BCUT2D eigenvalue weighted by molar-refractivity contribution is 5.92. The van der Waals surface area contributed by atoms with Gasteiger partial charge in [0.2, 0.25) is 0 Å². The van der Waals surface area contributed by atoms with Gasteiger partial charge in [-0.25, -0.2) is 9.59 Å². The van der Waals surface area contributed by atoms with Crippen molar-refractivity contribution >= 4 is 17.7 Å². The number of hydrogen-bond donors (Lipinski definition) is 3. The summed E-state index contributed by atoms with van der Waals surface area (Å²) in [7, 11) is 0. The second kappa shape index (κ2) is 6.92. The normalized spacial score (nSPS) is 11.1. The van der Waals surface area contributed by atoms with Crippen molar-refractivity contribution in [3.05, 3.63) is 29.3 Å². The Morgan fingerprint density at radius 1 is 1.19 bits per heavy atom. The number of carboxylic acids is 1. The summed E-state index contributed by atoms with van der Waals surface area (Å²) in [4.78, 5) is 22.7. The molecule has 0 heterocycles. The van der Waals surface area contributed by atoms with E-state index in [0.29, 0.717) is 5.69 Å². The fraction of sp³-hybridized carbons (Fsp3) is 0.286. The second-order valence-corrected chi connectivity index (χ2v) is 4.64. The molecule has 1 rings (SSSR count). The number of carboxylic acid groups (broad SMARTS) is 1. The van der Waals surface area contributed by atoms with Gasteiger partial charge in [0.15, 0.2) is 0 Å². The molecule has 0 saturated carbocycles. The van der Waals surface area contributed by atoms with Crippen molar-refractivity contribution < 1.29 is 14.7 Å². The predicted octanol–water partition coefficient (Wildman–Crippen LogP) is 1.66. The van der Waals surface area contributed by atoms with Gasteiger partial charge < -0.3 is 15.7 Å². The van der Waals surface area contributed by atoms with Crippen molar-refractivity contribution in [2.24, 2.45) is 5.92 Å². The average Bonchev–Trinajstić information content (AvgIpc) is 2.43. The van der Waals surface area contributed by atoms with Crippen LogP contribution in [-0.2, 0) is 4.79 Å². The molecule has 3 N–H and O–H groups in total. The lowest BCUT2D eigenvalue weighted by Gasteiger charge is -2.18. The van der Waals surface area contributed by atoms with E-state index in [4.69, 9.17) is 15.6 Å². The molecule has 1 unspecified atom stereocenters. The summed E-state index contributed by atoms with van der Waals surface area (Å²) in [5.41, 5.74) is 0.638. The lowest BCUT2D eigenvalue weighted by atomic mass is 10.1. The number of carbonyl (C=O) groups is 2. The average molecular weight is 286 g/mol. The van der Waals surface area contributed by atoms with Gasteiger partial charge in [-0.3, -0.25) is 0 Å². The third kappa shape index (κ3) is 4.22. The van der Waals surface area contributed by atoms with E-state index in [2.05, 4.69) is 10.6 Å². The highest BCUT2D eigenvalue weighted by atomic mass is 16.4. The molecule has 0 bridgehead atoms. The van der Waals surface area contributed by atoms with Crippen LogP contribution in [-0.4, -0.2) is 23.1 Å². The number of aliphatic carboxylic acids is 1. The first kappa shape index (κ1) is 16.0. The summed E-state index contributed by atoms with van der Waals surface area (Å²) in [5.74, 6) is -1.40. The van der Waals surface area contributed by atoms with Gasteiger partial charge >= 0.3 is 12.0 Å². The van der Waals surface area contributed by atoms with Crippen LogP contribution in [0.2, 0.25) is 0 Å². The van der Waals surface area contributed by atoms with E-state index in [1.165, 1.54) is 18.2 Å². The third-order valence-corrected chi connectivity index (χ3v) is 2.74. The molecule has 0 fully saturated rings. The van der Waals surface area contributed by atoms with Crippen LogP contribution in [0, 0.1) is 28.6 Å². The van der Waals surface area contributed by atoms with Gasteiger partial charge in [0.1, 0.15) is 18.2 Å². The Labute approximate surface area is 121 Å². The third-order valence-electron chi connectivity index (χ3n) is 2.74. The van der Waals surface area contributed by atoms with E-state index in [9.17, 15) is 9.59 Å². The Hall–Kier alpha value is -3.06. The van der Waals surface area contributed by atoms with Gasteiger partial charge in [0.25, 0.3) is 0 Å². The molecule has 7 nitrogen and oxygen atoms in total. The molecule has 2 amide bonds. The minimum atomic E-state index is -1.13. The van der Waals surface area contributed by atoms with Crippen LogP contribution in [0.4, 0.5) is 10.5 Å². The van der Waals surface area contributed by atoms with Gasteiger partial charge in [0, 0.05) is 5.69 Å². The summed E-state index contributed by atoms with van der Waals surface area (Å²) >= 11 is 0. The molecule has 1 aromatic carbocycles. The molecular formula is C14H14N4O3. The molecular weight excluding hydrogens is 272 g/mol. The number of urea groups is 1. The molecule has 0 saturated heterocycles. The molecule has 7 heteroatoms. The fourth-order valence-electron chi connectivity index (χ4n) is 1.63. The first-order chi connectivity index (χ1) is 9.88. The van der Waals surface area contributed by atoms with Crippen LogP contribution >= 0.6 is 0 Å². The Balaban J connectivity index is 2.83. The lowest BCUT2D eigenvalue weighted by molar-refractivity contribution is -0.140. The van der Waals surface area contributed by atoms with Crippen molar-refractivity contribution in [3.63, 3.8) is 0 Å². The maximum absolute atomic E-state index is 11.8. The first-order valence-corrected chi connectivity index (χ1v) is 6.13. The van der Waals surface area contributed by atoms with Crippen molar-refractivity contribution in [1.29, 1.82) is 10.5 Å². The SMILES string of the molecule is CC(C)C(NC(=O)Nc1ccc(C#N)c(C#N)c1)C(=O)O. The van der Waals surface area contributed by atoms with E-state index in [1.807, 2.05) is 12.1 Å². The number of amides is 2. The highest BCUT2D eigenvalue weighted by Crippen LogP contribution is 2.14. The maximum atomic E-state index is 11.8. The Morgan fingerprint density at radius 2 is 1.81 bits per heavy atom. The highest BCUT2D eigenvalue weighted by Gasteiger charge is 2.23. The topological polar surface area (TPSA) is 126 Å². The molecule has 108 valence electrons. The van der Waals surface area contributed by atoms with Gasteiger partial charge in [0.05, 0.1) is 11.1 Å². The Kier molecular flexibility index (Phi) is 5.27. The van der Waals surface area contributed by atoms with Gasteiger partial charge in [-0.15, -0.1) is 0 Å². The summed E-state index contributed by atoms with van der Waals surface area (Å²) in [5, 5.41) is 31.4. The van der Waals surface area contributed by atoms with Crippen molar-refractivity contribution in [2.45, 2.75) is 19.9 Å². The first-order valence-electron chi connectivity index (χ1n) is 6.13. The number of nitrogens with zero attached hydrogens (tertiary/aromatic N) is 2. The number of rotatable bonds is 4. The Bertz CT molecular complexity index is 641. The van der Waals surface area contributed by atoms with Gasteiger partial charge in [-0.2, -0.15) is 10.5 Å². The van der Waals surface area contributed by atoms with Crippen LogP contribution in [0.15, 0.2) is 18.2 Å². The largest absolute Gasteiger partial charge is 0.480 e. The van der Waals surface area contributed by atoms with E-state index in [0.717, 1.165) is 0 Å². The second-order valence-electron chi connectivity index (χ2n) is 4.64. The number of anilines is 1. The minimum Gasteiger partial charge on any atom is -0.480 e. The van der Waals surface area contributed by atoms with E-state index >= 15 is 0 Å². The summed E-state index contributed by atoms with van der Waals surface area (Å²) in [6.07, 6.45) is 0. The van der Waals surface area contributed by atoms with Crippen molar-refractivity contribution in [1.82, 2.24) is 5.32 Å². The molecule has 1 atom stereocenters. The van der Waals surface area contributed by atoms with Crippen LogP contribution in [0.5, 0.6) is 0 Å². The number of benzene rings is 1. The number of nitriles is 2. The zero-order chi connectivity index (χ0) is 16.0. The summed E-state index contributed by atoms with van der Waals surface area (Å²) in [6.45, 7) is 3.35. The molecule has 21 heavy (non-hydrogen) atoms. The smallest absolute Gasteiger partial charge is 0.326 e.